The number of amides is 2. The average Bonchev–Trinajstić information content (AvgIpc) is 2.27. The lowest BCUT2D eigenvalue weighted by Gasteiger charge is -2.35. The molecule has 1 saturated heterocycles. The number of likely N-dealkylation sites (N-methyl/N-ethyl adjacent to an activating group) is 1. The van der Waals surface area contributed by atoms with Crippen molar-refractivity contribution in [2.24, 2.45) is 5.73 Å². The highest BCUT2D eigenvalue weighted by Crippen LogP contribution is 2.17. The molecule has 5 nitrogen and oxygen atoms in total. The first kappa shape index (κ1) is 12.0. The van der Waals surface area contributed by atoms with E-state index in [9.17, 15) is 9.59 Å². The van der Waals surface area contributed by atoms with E-state index in [4.69, 9.17) is 5.73 Å². The zero-order valence-electron chi connectivity index (χ0n) is 9.32. The lowest BCUT2D eigenvalue weighted by molar-refractivity contribution is -0.142. The maximum absolute atomic E-state index is 11.7. The van der Waals surface area contributed by atoms with Crippen LogP contribution in [0.1, 0.15) is 26.2 Å². The Hall–Kier alpha value is -1.10. The molecule has 0 radical (unpaired) electrons. The summed E-state index contributed by atoms with van der Waals surface area (Å²) in [6, 6.07) is -0.863. The molecule has 1 rings (SSSR count). The van der Waals surface area contributed by atoms with Crippen LogP contribution in [0, 0.1) is 0 Å². The van der Waals surface area contributed by atoms with Gasteiger partial charge in [-0.2, -0.15) is 0 Å². The predicted octanol–water partition coefficient (Wildman–Crippen LogP) is -0.539. The number of carbonyl (C=O) groups excluding carboxylic acids is 2. The van der Waals surface area contributed by atoms with Crippen LogP contribution in [0.5, 0.6) is 0 Å². The molecule has 0 aromatic carbocycles. The fourth-order valence-electron chi connectivity index (χ4n) is 1.90. The molecule has 1 aliphatic rings. The van der Waals surface area contributed by atoms with Gasteiger partial charge in [0.2, 0.25) is 11.8 Å². The van der Waals surface area contributed by atoms with E-state index in [1.165, 1.54) is 0 Å². The van der Waals surface area contributed by atoms with Crippen molar-refractivity contribution in [2.75, 3.05) is 13.6 Å². The van der Waals surface area contributed by atoms with Crippen molar-refractivity contribution in [3.05, 3.63) is 0 Å². The fraction of sp³-hybridized carbons (Fsp3) is 0.800. The molecule has 2 atom stereocenters. The number of nitrogens with one attached hydrogen (secondary N) is 1. The topological polar surface area (TPSA) is 75.4 Å². The molecule has 1 aliphatic heterocycles. The quantitative estimate of drug-likeness (QED) is 0.647. The molecule has 1 heterocycles. The number of piperidine rings is 1. The number of nitrogens with two attached hydrogens (primary N) is 1. The SMILES string of the molecule is CNC(=O)C1CCCCN1C(=O)[C@@H](C)N. The lowest BCUT2D eigenvalue weighted by atomic mass is 10.0. The zero-order chi connectivity index (χ0) is 11.4. The molecule has 3 N–H and O–H groups in total. The van der Waals surface area contributed by atoms with Crippen molar-refractivity contribution in [3.8, 4) is 0 Å². The normalized spacial score (nSPS) is 23.4. The summed E-state index contributed by atoms with van der Waals surface area (Å²) in [5.41, 5.74) is 5.55. The number of likely N-dealkylation sites (tertiary alicyclic amines) is 1. The van der Waals surface area contributed by atoms with Gasteiger partial charge < -0.3 is 16.0 Å². The van der Waals surface area contributed by atoms with Gasteiger partial charge in [0.05, 0.1) is 6.04 Å². The fourth-order valence-corrected chi connectivity index (χ4v) is 1.90. The summed E-state index contributed by atoms with van der Waals surface area (Å²) in [5.74, 6) is -0.230. The molecule has 0 spiro atoms. The number of nitrogens with zero attached hydrogens (tertiary/aromatic N) is 1. The smallest absolute Gasteiger partial charge is 0.242 e. The van der Waals surface area contributed by atoms with Gasteiger partial charge in [0, 0.05) is 13.6 Å². The van der Waals surface area contributed by atoms with Crippen molar-refractivity contribution in [1.82, 2.24) is 10.2 Å². The Morgan fingerprint density at radius 1 is 1.47 bits per heavy atom. The Labute approximate surface area is 90.0 Å². The number of rotatable bonds is 2. The average molecular weight is 213 g/mol. The van der Waals surface area contributed by atoms with Crippen molar-refractivity contribution in [2.45, 2.75) is 38.3 Å². The third-order valence-corrected chi connectivity index (χ3v) is 2.72. The van der Waals surface area contributed by atoms with Crippen LogP contribution in [0.3, 0.4) is 0 Å². The highest BCUT2D eigenvalue weighted by molar-refractivity contribution is 5.89. The Morgan fingerprint density at radius 2 is 2.13 bits per heavy atom. The van der Waals surface area contributed by atoms with Gasteiger partial charge in [-0.15, -0.1) is 0 Å². The maximum Gasteiger partial charge on any atom is 0.242 e. The third-order valence-electron chi connectivity index (χ3n) is 2.72. The van der Waals surface area contributed by atoms with E-state index in [1.54, 1.807) is 18.9 Å². The lowest BCUT2D eigenvalue weighted by Crippen LogP contribution is -2.55. The van der Waals surface area contributed by atoms with Crippen LogP contribution in [-0.2, 0) is 9.59 Å². The second kappa shape index (κ2) is 5.11. The van der Waals surface area contributed by atoms with Gasteiger partial charge in [0.1, 0.15) is 6.04 Å². The molecular weight excluding hydrogens is 194 g/mol. The predicted molar refractivity (Wildman–Crippen MR) is 57.1 cm³/mol. The molecule has 1 fully saturated rings. The van der Waals surface area contributed by atoms with Crippen LogP contribution in [0.15, 0.2) is 0 Å². The summed E-state index contributed by atoms with van der Waals surface area (Å²) >= 11 is 0. The summed E-state index contributed by atoms with van der Waals surface area (Å²) in [6.07, 6.45) is 2.67. The molecule has 0 aromatic rings. The molecule has 1 unspecified atom stereocenters. The second-order valence-corrected chi connectivity index (χ2v) is 3.95. The Bertz CT molecular complexity index is 253. The van der Waals surface area contributed by atoms with Crippen molar-refractivity contribution in [3.63, 3.8) is 0 Å². The van der Waals surface area contributed by atoms with E-state index in [2.05, 4.69) is 5.32 Å². The van der Waals surface area contributed by atoms with Gasteiger partial charge in [-0.05, 0) is 26.2 Å². The number of carbonyl (C=O) groups is 2. The summed E-state index contributed by atoms with van der Waals surface area (Å²) in [6.45, 7) is 2.29. The standard InChI is InChI=1S/C10H19N3O2/c1-7(11)10(15)13-6-4-3-5-8(13)9(14)12-2/h7-8H,3-6,11H2,1-2H3,(H,12,14)/t7-,8?/m1/s1. The monoisotopic (exact) mass is 213 g/mol. The number of hydrogen-bond acceptors (Lipinski definition) is 3. The molecule has 0 saturated carbocycles. The van der Waals surface area contributed by atoms with Crippen LogP contribution in [0.25, 0.3) is 0 Å². The summed E-state index contributed by atoms with van der Waals surface area (Å²) in [5, 5.41) is 2.58. The molecule has 86 valence electrons. The molecule has 5 heteroatoms. The summed E-state index contributed by atoms with van der Waals surface area (Å²) in [7, 11) is 1.59. The highest BCUT2D eigenvalue weighted by Gasteiger charge is 2.32. The molecular formula is C10H19N3O2. The van der Waals surface area contributed by atoms with Crippen molar-refractivity contribution >= 4 is 11.8 Å². The third kappa shape index (κ3) is 2.68. The first-order chi connectivity index (χ1) is 7.07. The molecule has 0 bridgehead atoms. The van der Waals surface area contributed by atoms with Crippen molar-refractivity contribution in [1.29, 1.82) is 0 Å². The first-order valence-corrected chi connectivity index (χ1v) is 5.35. The van der Waals surface area contributed by atoms with Crippen LogP contribution in [-0.4, -0.2) is 42.4 Å². The summed E-state index contributed by atoms with van der Waals surface area (Å²) < 4.78 is 0. The van der Waals surface area contributed by atoms with Gasteiger partial charge in [0.15, 0.2) is 0 Å². The number of hydrogen-bond donors (Lipinski definition) is 2. The second-order valence-electron chi connectivity index (χ2n) is 3.95. The Balaban J connectivity index is 2.73. The van der Waals surface area contributed by atoms with Gasteiger partial charge >= 0.3 is 0 Å². The first-order valence-electron chi connectivity index (χ1n) is 5.35. The largest absolute Gasteiger partial charge is 0.357 e. The van der Waals surface area contributed by atoms with Crippen LogP contribution in [0.4, 0.5) is 0 Å². The van der Waals surface area contributed by atoms with Gasteiger partial charge in [-0.25, -0.2) is 0 Å². The van der Waals surface area contributed by atoms with Gasteiger partial charge in [-0.3, -0.25) is 9.59 Å². The highest BCUT2D eigenvalue weighted by atomic mass is 16.2. The molecule has 0 aromatic heterocycles. The van der Waals surface area contributed by atoms with Crippen LogP contribution < -0.4 is 11.1 Å². The van der Waals surface area contributed by atoms with E-state index >= 15 is 0 Å². The minimum atomic E-state index is -0.532. The Morgan fingerprint density at radius 3 is 2.67 bits per heavy atom. The van der Waals surface area contributed by atoms with Crippen LogP contribution in [0.2, 0.25) is 0 Å². The van der Waals surface area contributed by atoms with E-state index in [1.807, 2.05) is 0 Å². The van der Waals surface area contributed by atoms with Crippen molar-refractivity contribution < 1.29 is 9.59 Å². The summed E-state index contributed by atoms with van der Waals surface area (Å²) in [4.78, 5) is 24.9. The molecule has 0 aliphatic carbocycles. The minimum absolute atomic E-state index is 0.0938. The van der Waals surface area contributed by atoms with Gasteiger partial charge in [0.25, 0.3) is 0 Å². The molecule has 2 amide bonds. The maximum atomic E-state index is 11.7. The molecule has 15 heavy (non-hydrogen) atoms. The van der Waals surface area contributed by atoms with E-state index in [0.717, 1.165) is 19.3 Å². The van der Waals surface area contributed by atoms with E-state index in [0.29, 0.717) is 6.54 Å². The van der Waals surface area contributed by atoms with Gasteiger partial charge in [-0.1, -0.05) is 0 Å². The van der Waals surface area contributed by atoms with Crippen LogP contribution >= 0.6 is 0 Å². The van der Waals surface area contributed by atoms with E-state index in [-0.39, 0.29) is 17.9 Å². The zero-order valence-corrected chi connectivity index (χ0v) is 9.32. The minimum Gasteiger partial charge on any atom is -0.357 e. The Kier molecular flexibility index (Phi) is 4.08. The van der Waals surface area contributed by atoms with E-state index < -0.39 is 6.04 Å².